The molecule has 3 heterocycles. The normalized spacial score (nSPS) is 19.7. The van der Waals surface area contributed by atoms with E-state index in [-0.39, 0.29) is 18.6 Å². The molecule has 0 atom stereocenters. The van der Waals surface area contributed by atoms with Gasteiger partial charge in [-0.15, -0.1) is 0 Å². The van der Waals surface area contributed by atoms with Crippen molar-refractivity contribution >= 4 is 17.2 Å². The summed E-state index contributed by atoms with van der Waals surface area (Å²) in [6.45, 7) is 6.25. The zero-order valence-electron chi connectivity index (χ0n) is 13.7. The number of likely N-dealkylation sites (tertiary alicyclic amines) is 1. The quantitative estimate of drug-likeness (QED) is 0.875. The fourth-order valence-corrected chi connectivity index (χ4v) is 4.23. The Morgan fingerprint density at radius 1 is 1.39 bits per heavy atom. The van der Waals surface area contributed by atoms with Crippen LogP contribution in [-0.2, 0) is 17.8 Å². The van der Waals surface area contributed by atoms with E-state index in [0.717, 1.165) is 56.3 Å². The maximum absolute atomic E-state index is 11.8. The number of β-amino-alcohol motifs (C(OH)–C–C–N with tert-alkyl or cyclic N) is 1. The molecule has 3 rings (SSSR count). The van der Waals surface area contributed by atoms with Crippen molar-refractivity contribution in [3.63, 3.8) is 0 Å². The summed E-state index contributed by atoms with van der Waals surface area (Å²) in [4.78, 5) is 21.8. The minimum Gasteiger partial charge on any atom is -0.467 e. The number of rotatable bonds is 5. The van der Waals surface area contributed by atoms with E-state index in [0.29, 0.717) is 13.0 Å². The van der Waals surface area contributed by atoms with Gasteiger partial charge in [0.1, 0.15) is 6.10 Å². The lowest BCUT2D eigenvalue weighted by Gasteiger charge is -2.30. The summed E-state index contributed by atoms with van der Waals surface area (Å²) in [5.74, 6) is 0.211. The van der Waals surface area contributed by atoms with E-state index in [1.165, 1.54) is 4.88 Å². The highest BCUT2D eigenvalue weighted by Gasteiger charge is 2.26. The van der Waals surface area contributed by atoms with E-state index in [4.69, 9.17) is 9.84 Å². The van der Waals surface area contributed by atoms with E-state index in [1.54, 1.807) is 11.3 Å². The molecule has 0 unspecified atom stereocenters. The zero-order chi connectivity index (χ0) is 16.2. The second-order valence-corrected chi connectivity index (χ2v) is 7.20. The SMILES string of the molecule is CCC(=O)N1CCc2nc(OC3CCN(CCO)CC3)sc2C1. The van der Waals surface area contributed by atoms with Gasteiger partial charge in [-0.2, -0.15) is 0 Å². The third-order valence-corrected chi connectivity index (χ3v) is 5.56. The smallest absolute Gasteiger partial charge is 0.273 e. The third kappa shape index (κ3) is 4.02. The molecule has 0 radical (unpaired) electrons. The minimum absolute atomic E-state index is 0.211. The molecule has 0 aromatic carbocycles. The molecule has 0 bridgehead atoms. The Labute approximate surface area is 141 Å². The molecule has 0 aliphatic carbocycles. The Morgan fingerprint density at radius 3 is 2.87 bits per heavy atom. The van der Waals surface area contributed by atoms with Crippen molar-refractivity contribution in [2.24, 2.45) is 0 Å². The fraction of sp³-hybridized carbons (Fsp3) is 0.750. The molecule has 1 N–H and O–H groups in total. The number of aromatic nitrogens is 1. The maximum atomic E-state index is 11.8. The first kappa shape index (κ1) is 16.7. The number of hydrogen-bond acceptors (Lipinski definition) is 6. The Hall–Kier alpha value is -1.18. The number of carbonyl (C=O) groups excluding carboxylic acids is 1. The Bertz CT molecular complexity index is 541. The predicted octanol–water partition coefficient (Wildman–Crippen LogP) is 1.27. The van der Waals surface area contributed by atoms with Crippen LogP contribution in [0, 0.1) is 0 Å². The molecule has 1 aromatic rings. The number of ether oxygens (including phenoxy) is 1. The number of piperidine rings is 1. The van der Waals surface area contributed by atoms with Crippen LogP contribution in [0.15, 0.2) is 0 Å². The van der Waals surface area contributed by atoms with Crippen molar-refractivity contribution in [2.45, 2.75) is 45.3 Å². The van der Waals surface area contributed by atoms with Crippen LogP contribution in [0.2, 0.25) is 0 Å². The molecule has 1 aromatic heterocycles. The van der Waals surface area contributed by atoms with Crippen LogP contribution in [-0.4, -0.2) is 64.7 Å². The van der Waals surface area contributed by atoms with Crippen LogP contribution in [0.25, 0.3) is 0 Å². The number of amides is 1. The van der Waals surface area contributed by atoms with Gasteiger partial charge in [0.25, 0.3) is 5.19 Å². The highest BCUT2D eigenvalue weighted by atomic mass is 32.1. The number of thiazole rings is 1. The number of aliphatic hydroxyl groups is 1. The molecular weight excluding hydrogens is 314 g/mol. The molecule has 1 saturated heterocycles. The van der Waals surface area contributed by atoms with Crippen LogP contribution in [0.3, 0.4) is 0 Å². The Kier molecular flexibility index (Phi) is 5.50. The summed E-state index contributed by atoms with van der Waals surface area (Å²) in [7, 11) is 0. The van der Waals surface area contributed by atoms with Gasteiger partial charge < -0.3 is 19.6 Å². The van der Waals surface area contributed by atoms with Crippen molar-refractivity contribution in [1.29, 1.82) is 0 Å². The summed E-state index contributed by atoms with van der Waals surface area (Å²) >= 11 is 1.59. The Balaban J connectivity index is 1.55. The maximum Gasteiger partial charge on any atom is 0.273 e. The molecule has 7 heteroatoms. The van der Waals surface area contributed by atoms with E-state index in [2.05, 4.69) is 9.88 Å². The molecule has 2 aliphatic heterocycles. The zero-order valence-corrected chi connectivity index (χ0v) is 14.5. The van der Waals surface area contributed by atoms with Gasteiger partial charge in [-0.1, -0.05) is 18.3 Å². The number of fused-ring (bicyclic) bond motifs is 1. The first-order chi connectivity index (χ1) is 11.2. The lowest BCUT2D eigenvalue weighted by atomic mass is 10.1. The van der Waals surface area contributed by atoms with E-state index < -0.39 is 0 Å². The van der Waals surface area contributed by atoms with Gasteiger partial charge in [0.15, 0.2) is 0 Å². The molecule has 128 valence electrons. The second-order valence-electron chi connectivity index (χ2n) is 6.15. The molecule has 1 amide bonds. The van der Waals surface area contributed by atoms with Gasteiger partial charge in [0.05, 0.1) is 23.7 Å². The first-order valence-corrected chi connectivity index (χ1v) is 9.27. The third-order valence-electron chi connectivity index (χ3n) is 4.59. The summed E-state index contributed by atoms with van der Waals surface area (Å²) < 4.78 is 6.07. The fourth-order valence-electron chi connectivity index (χ4n) is 3.19. The molecule has 1 fully saturated rings. The van der Waals surface area contributed by atoms with Crippen LogP contribution < -0.4 is 4.74 Å². The lowest BCUT2D eigenvalue weighted by molar-refractivity contribution is -0.131. The molecular formula is C16H25N3O3S. The first-order valence-electron chi connectivity index (χ1n) is 8.45. The van der Waals surface area contributed by atoms with E-state index in [9.17, 15) is 4.79 Å². The van der Waals surface area contributed by atoms with Crippen LogP contribution in [0.1, 0.15) is 36.8 Å². The summed E-state index contributed by atoms with van der Waals surface area (Å²) in [5.41, 5.74) is 1.10. The van der Waals surface area contributed by atoms with Gasteiger partial charge in [-0.05, 0) is 12.8 Å². The monoisotopic (exact) mass is 339 g/mol. The van der Waals surface area contributed by atoms with Crippen molar-refractivity contribution in [3.8, 4) is 5.19 Å². The van der Waals surface area contributed by atoms with E-state index >= 15 is 0 Å². The van der Waals surface area contributed by atoms with Crippen molar-refractivity contribution < 1.29 is 14.6 Å². The number of nitrogens with zero attached hydrogens (tertiary/aromatic N) is 3. The standard InChI is InChI=1S/C16H25N3O3S/c1-2-15(21)19-8-5-13-14(11-19)23-16(17-13)22-12-3-6-18(7-4-12)9-10-20/h12,20H,2-11H2,1H3. The number of carbonyl (C=O) groups is 1. The molecule has 0 saturated carbocycles. The molecule has 23 heavy (non-hydrogen) atoms. The topological polar surface area (TPSA) is 65.9 Å². The van der Waals surface area contributed by atoms with Crippen molar-refractivity contribution in [1.82, 2.24) is 14.8 Å². The summed E-state index contributed by atoms with van der Waals surface area (Å²) in [5, 5.41) is 9.73. The average Bonchev–Trinajstić information content (AvgIpc) is 2.97. The highest BCUT2D eigenvalue weighted by Crippen LogP contribution is 2.31. The summed E-state index contributed by atoms with van der Waals surface area (Å²) in [6.07, 6.45) is 3.56. The van der Waals surface area contributed by atoms with E-state index in [1.807, 2.05) is 11.8 Å². The van der Waals surface area contributed by atoms with Gasteiger partial charge in [0.2, 0.25) is 5.91 Å². The molecule has 0 spiro atoms. The number of aliphatic hydroxyl groups excluding tert-OH is 1. The minimum atomic E-state index is 0.211. The number of hydrogen-bond donors (Lipinski definition) is 1. The summed E-state index contributed by atoms with van der Waals surface area (Å²) in [6, 6.07) is 0. The van der Waals surface area contributed by atoms with Gasteiger partial charge in [-0.25, -0.2) is 4.98 Å². The van der Waals surface area contributed by atoms with Crippen molar-refractivity contribution in [3.05, 3.63) is 10.6 Å². The Morgan fingerprint density at radius 2 is 2.17 bits per heavy atom. The van der Waals surface area contributed by atoms with Crippen LogP contribution in [0.4, 0.5) is 0 Å². The second kappa shape index (κ2) is 7.59. The average molecular weight is 339 g/mol. The van der Waals surface area contributed by atoms with Crippen molar-refractivity contribution in [2.75, 3.05) is 32.8 Å². The van der Waals surface area contributed by atoms with Crippen LogP contribution >= 0.6 is 11.3 Å². The molecule has 2 aliphatic rings. The van der Waals surface area contributed by atoms with Gasteiger partial charge >= 0.3 is 0 Å². The van der Waals surface area contributed by atoms with Gasteiger partial charge in [0, 0.05) is 39.0 Å². The predicted molar refractivity (Wildman–Crippen MR) is 88.7 cm³/mol. The largest absolute Gasteiger partial charge is 0.467 e. The lowest BCUT2D eigenvalue weighted by Crippen LogP contribution is -2.39. The highest BCUT2D eigenvalue weighted by molar-refractivity contribution is 7.13. The van der Waals surface area contributed by atoms with Gasteiger partial charge in [-0.3, -0.25) is 4.79 Å². The van der Waals surface area contributed by atoms with Crippen LogP contribution in [0.5, 0.6) is 5.19 Å². The molecule has 6 nitrogen and oxygen atoms in total.